The lowest BCUT2D eigenvalue weighted by molar-refractivity contribution is 0.191. The van der Waals surface area contributed by atoms with Gasteiger partial charge in [0.15, 0.2) is 11.9 Å². The maximum Gasteiger partial charge on any atom is 0.164 e. The van der Waals surface area contributed by atoms with Crippen LogP contribution >= 0.6 is 0 Å². The van der Waals surface area contributed by atoms with Crippen LogP contribution in [0.25, 0.3) is 0 Å². The molecule has 0 saturated carbocycles. The molecule has 1 unspecified atom stereocenters. The molecule has 2 aliphatic rings. The average Bonchev–Trinajstić information content (AvgIpc) is 3.10. The van der Waals surface area contributed by atoms with Crippen LogP contribution in [0.1, 0.15) is 13.3 Å². The molecule has 0 amide bonds. The van der Waals surface area contributed by atoms with Crippen LogP contribution in [-0.4, -0.2) is 32.0 Å². The fraction of sp³-hybridized carbons (Fsp3) is 0.400. The van der Waals surface area contributed by atoms with Gasteiger partial charge in [-0.25, -0.2) is 4.39 Å². The standard InChI is InChI=1S/C15H19FN3O/c1-2-19(15-5-3-12(16)4-6-15)10-14(9-17-19)18-13-7-8-20-11-13/h3-6,9-10,13,18H,2,7-8,11H2,1H3/q+1/t13-,19?/m1/s1. The van der Waals surface area contributed by atoms with Crippen molar-refractivity contribution in [3.63, 3.8) is 0 Å². The van der Waals surface area contributed by atoms with E-state index in [1.165, 1.54) is 12.1 Å². The molecule has 0 radical (unpaired) electrons. The van der Waals surface area contributed by atoms with Crippen LogP contribution < -0.4 is 9.91 Å². The summed E-state index contributed by atoms with van der Waals surface area (Å²) in [4.78, 5) is 0. The highest BCUT2D eigenvalue weighted by Crippen LogP contribution is 2.28. The Hall–Kier alpha value is -1.72. The Morgan fingerprint density at radius 2 is 2.20 bits per heavy atom. The first-order chi connectivity index (χ1) is 9.72. The van der Waals surface area contributed by atoms with Crippen LogP contribution in [0.4, 0.5) is 10.1 Å². The van der Waals surface area contributed by atoms with Crippen molar-refractivity contribution >= 4 is 11.9 Å². The summed E-state index contributed by atoms with van der Waals surface area (Å²) >= 11 is 0. The van der Waals surface area contributed by atoms with Crippen molar-refractivity contribution in [1.82, 2.24) is 9.91 Å². The smallest absolute Gasteiger partial charge is 0.164 e. The maximum atomic E-state index is 13.1. The van der Waals surface area contributed by atoms with Gasteiger partial charge in [0.1, 0.15) is 24.3 Å². The minimum absolute atomic E-state index is 0.225. The Morgan fingerprint density at radius 1 is 1.40 bits per heavy atom. The van der Waals surface area contributed by atoms with E-state index in [-0.39, 0.29) is 5.82 Å². The molecule has 0 aromatic heterocycles. The van der Waals surface area contributed by atoms with E-state index in [1.807, 2.05) is 6.21 Å². The van der Waals surface area contributed by atoms with E-state index in [1.54, 1.807) is 12.1 Å². The molecule has 1 aromatic carbocycles. The highest BCUT2D eigenvalue weighted by molar-refractivity contribution is 5.81. The van der Waals surface area contributed by atoms with Crippen LogP contribution in [0.15, 0.2) is 41.3 Å². The van der Waals surface area contributed by atoms with Crippen molar-refractivity contribution in [2.75, 3.05) is 19.8 Å². The van der Waals surface area contributed by atoms with Gasteiger partial charge in [0.2, 0.25) is 0 Å². The summed E-state index contributed by atoms with van der Waals surface area (Å²) in [6.07, 6.45) is 4.95. The highest BCUT2D eigenvalue weighted by Gasteiger charge is 2.32. The third-order valence-electron chi connectivity index (χ3n) is 3.81. The van der Waals surface area contributed by atoms with Crippen molar-refractivity contribution < 1.29 is 9.13 Å². The monoisotopic (exact) mass is 276 g/mol. The van der Waals surface area contributed by atoms with E-state index in [2.05, 4.69) is 23.5 Å². The first kappa shape index (κ1) is 13.3. The van der Waals surface area contributed by atoms with E-state index in [4.69, 9.17) is 4.74 Å². The quantitative estimate of drug-likeness (QED) is 0.857. The van der Waals surface area contributed by atoms with Crippen molar-refractivity contribution in [1.29, 1.82) is 0 Å². The first-order valence-electron chi connectivity index (χ1n) is 6.98. The zero-order chi connectivity index (χ0) is 14.0. The minimum Gasteiger partial charge on any atom is -0.379 e. The number of halogens is 1. The van der Waals surface area contributed by atoms with Crippen molar-refractivity contribution in [2.45, 2.75) is 19.4 Å². The molecule has 1 fully saturated rings. The van der Waals surface area contributed by atoms with Crippen LogP contribution in [-0.2, 0) is 4.74 Å². The fourth-order valence-electron chi connectivity index (χ4n) is 2.62. The van der Waals surface area contributed by atoms with E-state index in [9.17, 15) is 4.39 Å². The molecule has 1 saturated heterocycles. The number of allylic oxidation sites excluding steroid dienone is 1. The predicted molar refractivity (Wildman–Crippen MR) is 77.7 cm³/mol. The molecular weight excluding hydrogens is 257 g/mol. The van der Waals surface area contributed by atoms with E-state index in [0.717, 1.165) is 37.6 Å². The van der Waals surface area contributed by atoms with E-state index in [0.29, 0.717) is 10.6 Å². The first-order valence-corrected chi connectivity index (χ1v) is 6.98. The lowest BCUT2D eigenvalue weighted by Gasteiger charge is -2.23. The van der Waals surface area contributed by atoms with Crippen LogP contribution in [0, 0.1) is 5.82 Å². The lowest BCUT2D eigenvalue weighted by Crippen LogP contribution is -2.36. The van der Waals surface area contributed by atoms with Gasteiger partial charge in [-0.1, -0.05) is 5.10 Å². The van der Waals surface area contributed by atoms with Gasteiger partial charge in [0.25, 0.3) is 0 Å². The van der Waals surface area contributed by atoms with Gasteiger partial charge in [-0.05, 0) is 25.5 Å². The number of nitrogens with one attached hydrogen (secondary N) is 1. The average molecular weight is 276 g/mol. The third kappa shape index (κ3) is 2.46. The zero-order valence-electron chi connectivity index (χ0n) is 11.6. The topological polar surface area (TPSA) is 33.6 Å². The van der Waals surface area contributed by atoms with Crippen molar-refractivity contribution in [3.8, 4) is 0 Å². The molecule has 2 heterocycles. The minimum atomic E-state index is -0.225. The zero-order valence-corrected chi connectivity index (χ0v) is 11.6. The van der Waals surface area contributed by atoms with Crippen LogP contribution in [0.3, 0.4) is 0 Å². The predicted octanol–water partition coefficient (Wildman–Crippen LogP) is 2.37. The van der Waals surface area contributed by atoms with Crippen molar-refractivity contribution in [3.05, 3.63) is 42.0 Å². The van der Waals surface area contributed by atoms with Gasteiger partial charge < -0.3 is 10.1 Å². The molecule has 0 bridgehead atoms. The Labute approximate surface area is 118 Å². The largest absolute Gasteiger partial charge is 0.379 e. The third-order valence-corrected chi connectivity index (χ3v) is 3.81. The molecule has 2 aliphatic heterocycles. The number of hydrogen-bond acceptors (Lipinski definition) is 3. The number of quaternary nitrogens is 1. The molecule has 0 aliphatic carbocycles. The van der Waals surface area contributed by atoms with E-state index >= 15 is 0 Å². The second kappa shape index (κ2) is 5.34. The number of hydrogen-bond donors (Lipinski definition) is 1. The van der Waals surface area contributed by atoms with Gasteiger partial charge in [-0.3, -0.25) is 0 Å². The molecular formula is C15H19FN3O+. The van der Waals surface area contributed by atoms with Gasteiger partial charge in [0, 0.05) is 18.7 Å². The molecule has 3 rings (SSSR count). The van der Waals surface area contributed by atoms with Crippen molar-refractivity contribution in [2.24, 2.45) is 5.10 Å². The Morgan fingerprint density at radius 3 is 2.85 bits per heavy atom. The van der Waals surface area contributed by atoms with Crippen LogP contribution in [0.5, 0.6) is 0 Å². The number of ether oxygens (including phenoxy) is 1. The summed E-state index contributed by atoms with van der Waals surface area (Å²) in [5.74, 6) is -0.225. The summed E-state index contributed by atoms with van der Waals surface area (Å²) in [5.41, 5.74) is 1.97. The van der Waals surface area contributed by atoms with E-state index < -0.39 is 0 Å². The van der Waals surface area contributed by atoms with Gasteiger partial charge in [-0.15, -0.1) is 4.59 Å². The Balaban J connectivity index is 1.81. The summed E-state index contributed by atoms with van der Waals surface area (Å²) in [6, 6.07) is 6.88. The molecule has 5 heteroatoms. The van der Waals surface area contributed by atoms with Gasteiger partial charge in [0.05, 0.1) is 12.6 Å². The molecule has 106 valence electrons. The van der Waals surface area contributed by atoms with Gasteiger partial charge in [-0.2, -0.15) is 0 Å². The fourth-order valence-corrected chi connectivity index (χ4v) is 2.62. The number of benzene rings is 1. The Kier molecular flexibility index (Phi) is 3.54. The molecule has 2 atom stereocenters. The van der Waals surface area contributed by atoms with Gasteiger partial charge >= 0.3 is 0 Å². The molecule has 0 spiro atoms. The molecule has 4 nitrogen and oxygen atoms in total. The summed E-state index contributed by atoms with van der Waals surface area (Å²) < 4.78 is 18.8. The van der Waals surface area contributed by atoms with Crippen LogP contribution in [0.2, 0.25) is 0 Å². The maximum absolute atomic E-state index is 13.1. The molecule has 1 N–H and O–H groups in total. The molecule has 1 aromatic rings. The summed E-state index contributed by atoms with van der Waals surface area (Å²) in [7, 11) is 0. The second-order valence-electron chi connectivity index (χ2n) is 5.15. The molecule has 20 heavy (non-hydrogen) atoms. The normalized spacial score (nSPS) is 28.7. The summed E-state index contributed by atoms with van der Waals surface area (Å²) in [6.45, 7) is 4.41. The lowest BCUT2D eigenvalue weighted by atomic mass is 10.2. The highest BCUT2D eigenvalue weighted by atomic mass is 19.1. The Bertz CT molecular complexity index is 535. The number of rotatable bonds is 4. The summed E-state index contributed by atoms with van der Waals surface area (Å²) in [5, 5.41) is 8.05. The number of nitrogens with zero attached hydrogens (tertiary/aromatic N) is 2. The second-order valence-corrected chi connectivity index (χ2v) is 5.15. The SMILES string of the molecule is CC[N+]1(c2ccc(F)cc2)C=C(N[C@@H]2CCOC2)C=N1.